The molecule has 0 bridgehead atoms. The molecular formula is C7H22O. The quantitative estimate of drug-likeness (QED) is 0.523. The molecule has 1 heteroatoms. The average Bonchev–Trinajstić information content (AvgIpc) is 2.03. The smallest absolute Gasteiger partial charge is 0.0319 e. The van der Waals surface area contributed by atoms with Crippen molar-refractivity contribution in [2.24, 2.45) is 0 Å². The SMILES string of the molecule is CC.CC.CC.CO. The molecule has 0 radical (unpaired) electrons. The summed E-state index contributed by atoms with van der Waals surface area (Å²) in [6, 6.07) is 0. The van der Waals surface area contributed by atoms with Crippen molar-refractivity contribution >= 4 is 0 Å². The molecule has 0 atom stereocenters. The van der Waals surface area contributed by atoms with Gasteiger partial charge in [-0.3, -0.25) is 0 Å². The third-order valence-electron chi connectivity index (χ3n) is 0. The molecule has 0 unspecified atom stereocenters. The van der Waals surface area contributed by atoms with E-state index in [2.05, 4.69) is 0 Å². The van der Waals surface area contributed by atoms with Crippen LogP contribution >= 0.6 is 0 Å². The van der Waals surface area contributed by atoms with Gasteiger partial charge in [-0.15, -0.1) is 0 Å². The Bertz CT molecular complexity index is 4.35. The minimum atomic E-state index is 1.00. The maximum absolute atomic E-state index is 7.00. The van der Waals surface area contributed by atoms with Crippen LogP contribution in [-0.2, 0) is 0 Å². The van der Waals surface area contributed by atoms with E-state index in [1.54, 1.807) is 0 Å². The van der Waals surface area contributed by atoms with Gasteiger partial charge in [0, 0.05) is 7.11 Å². The van der Waals surface area contributed by atoms with Gasteiger partial charge in [-0.25, -0.2) is 0 Å². The zero-order valence-corrected chi connectivity index (χ0v) is 7.45. The molecule has 0 spiro atoms. The monoisotopic (exact) mass is 122 g/mol. The minimum Gasteiger partial charge on any atom is -0.400 e. The molecule has 56 valence electrons. The van der Waals surface area contributed by atoms with Gasteiger partial charge in [0.2, 0.25) is 0 Å². The van der Waals surface area contributed by atoms with Gasteiger partial charge in [-0.1, -0.05) is 41.5 Å². The van der Waals surface area contributed by atoms with Crippen molar-refractivity contribution in [1.82, 2.24) is 0 Å². The number of aliphatic hydroxyl groups excluding tert-OH is 1. The fourth-order valence-electron chi connectivity index (χ4n) is 0. The summed E-state index contributed by atoms with van der Waals surface area (Å²) >= 11 is 0. The van der Waals surface area contributed by atoms with E-state index in [0.29, 0.717) is 0 Å². The Balaban J connectivity index is -0.0000000133. The van der Waals surface area contributed by atoms with Gasteiger partial charge in [0.05, 0.1) is 0 Å². The normalized spacial score (nSPS) is 3.00. The van der Waals surface area contributed by atoms with Crippen LogP contribution in [0, 0.1) is 0 Å². The first-order valence-corrected chi connectivity index (χ1v) is 3.45. The Labute approximate surface area is 54.7 Å². The summed E-state index contributed by atoms with van der Waals surface area (Å²) in [6.07, 6.45) is 0. The number of hydrogen-bond donors (Lipinski definition) is 1. The van der Waals surface area contributed by atoms with E-state index in [1.807, 2.05) is 41.5 Å². The Hall–Kier alpha value is -0.0400. The molecule has 0 heterocycles. The Kier molecular flexibility index (Phi) is 475000. The van der Waals surface area contributed by atoms with Crippen LogP contribution in [0.2, 0.25) is 0 Å². The topological polar surface area (TPSA) is 20.2 Å². The standard InChI is InChI=1S/3C2H6.CH4O/c4*1-2/h3*1-2H3;2H,1H3. The lowest BCUT2D eigenvalue weighted by molar-refractivity contribution is 0.399. The highest BCUT2D eigenvalue weighted by molar-refractivity contribution is 3.51. The van der Waals surface area contributed by atoms with Gasteiger partial charge in [0.25, 0.3) is 0 Å². The van der Waals surface area contributed by atoms with E-state index in [0.717, 1.165) is 7.11 Å². The number of rotatable bonds is 0. The molecule has 0 saturated heterocycles. The lowest BCUT2D eigenvalue weighted by Gasteiger charge is -1.21. The molecule has 0 fully saturated rings. The van der Waals surface area contributed by atoms with Crippen LogP contribution < -0.4 is 0 Å². The fourth-order valence-corrected chi connectivity index (χ4v) is 0. The molecule has 0 amide bonds. The minimum absolute atomic E-state index is 1.00. The lowest BCUT2D eigenvalue weighted by Crippen LogP contribution is -1.25. The summed E-state index contributed by atoms with van der Waals surface area (Å²) in [7, 11) is 1.00. The van der Waals surface area contributed by atoms with Crippen LogP contribution in [-0.4, -0.2) is 12.2 Å². The lowest BCUT2D eigenvalue weighted by atomic mass is 11.0. The molecule has 0 aromatic carbocycles. The van der Waals surface area contributed by atoms with Crippen molar-refractivity contribution in [2.45, 2.75) is 41.5 Å². The van der Waals surface area contributed by atoms with Gasteiger partial charge < -0.3 is 5.11 Å². The second kappa shape index (κ2) is 155000. The molecule has 0 aliphatic carbocycles. The van der Waals surface area contributed by atoms with Crippen LogP contribution in [0.3, 0.4) is 0 Å². The third kappa shape index (κ3) is 91600. The molecule has 0 rings (SSSR count). The second-order valence-corrected chi connectivity index (χ2v) is 0. The van der Waals surface area contributed by atoms with Crippen molar-refractivity contribution in [1.29, 1.82) is 0 Å². The maximum Gasteiger partial charge on any atom is 0.0319 e. The van der Waals surface area contributed by atoms with Gasteiger partial charge >= 0.3 is 0 Å². The summed E-state index contributed by atoms with van der Waals surface area (Å²) in [6.45, 7) is 12.0. The highest BCUT2D eigenvalue weighted by Gasteiger charge is 0.936. The van der Waals surface area contributed by atoms with Gasteiger partial charge in [-0.05, 0) is 0 Å². The van der Waals surface area contributed by atoms with Crippen molar-refractivity contribution in [3.05, 3.63) is 0 Å². The van der Waals surface area contributed by atoms with Gasteiger partial charge in [0.1, 0.15) is 0 Å². The summed E-state index contributed by atoms with van der Waals surface area (Å²) in [5, 5.41) is 7.00. The molecule has 8 heavy (non-hydrogen) atoms. The molecule has 1 N–H and O–H groups in total. The Morgan fingerprint density at radius 2 is 0.500 bits per heavy atom. The largest absolute Gasteiger partial charge is 0.400 e. The molecular weight excluding hydrogens is 100 g/mol. The van der Waals surface area contributed by atoms with Crippen molar-refractivity contribution in [3.8, 4) is 0 Å². The van der Waals surface area contributed by atoms with E-state index in [-0.39, 0.29) is 0 Å². The van der Waals surface area contributed by atoms with Crippen LogP contribution in [0.5, 0.6) is 0 Å². The zero-order valence-electron chi connectivity index (χ0n) is 7.45. The van der Waals surface area contributed by atoms with Crippen LogP contribution in [0.15, 0.2) is 0 Å². The maximum atomic E-state index is 7.00. The molecule has 0 saturated carbocycles. The van der Waals surface area contributed by atoms with Crippen LogP contribution in [0.4, 0.5) is 0 Å². The summed E-state index contributed by atoms with van der Waals surface area (Å²) in [4.78, 5) is 0. The molecule has 1 nitrogen and oxygen atoms in total. The molecule has 0 aromatic rings. The van der Waals surface area contributed by atoms with Crippen molar-refractivity contribution in [3.63, 3.8) is 0 Å². The van der Waals surface area contributed by atoms with E-state index in [1.165, 1.54) is 0 Å². The first-order valence-electron chi connectivity index (χ1n) is 3.45. The highest BCUT2D eigenvalue weighted by atomic mass is 16.2. The van der Waals surface area contributed by atoms with Gasteiger partial charge in [0.15, 0.2) is 0 Å². The van der Waals surface area contributed by atoms with E-state index < -0.39 is 0 Å². The first kappa shape index (κ1) is 24.6. The average molecular weight is 122 g/mol. The fraction of sp³-hybridized carbons (Fsp3) is 1.00. The summed E-state index contributed by atoms with van der Waals surface area (Å²) in [5.41, 5.74) is 0. The van der Waals surface area contributed by atoms with E-state index >= 15 is 0 Å². The molecule has 0 aromatic heterocycles. The number of aliphatic hydroxyl groups is 1. The van der Waals surface area contributed by atoms with Gasteiger partial charge in [-0.2, -0.15) is 0 Å². The van der Waals surface area contributed by atoms with Crippen molar-refractivity contribution < 1.29 is 5.11 Å². The van der Waals surface area contributed by atoms with Crippen LogP contribution in [0.1, 0.15) is 41.5 Å². The first-order chi connectivity index (χ1) is 4.00. The molecule has 0 aliphatic heterocycles. The Morgan fingerprint density at radius 3 is 0.500 bits per heavy atom. The predicted molar refractivity (Wildman–Crippen MR) is 42.2 cm³/mol. The summed E-state index contributed by atoms with van der Waals surface area (Å²) in [5.74, 6) is 0. The highest BCUT2D eigenvalue weighted by Crippen LogP contribution is 1.15. The summed E-state index contributed by atoms with van der Waals surface area (Å²) < 4.78 is 0. The molecule has 0 aliphatic rings. The predicted octanol–water partition coefficient (Wildman–Crippen LogP) is 2.69. The number of hydrogen-bond acceptors (Lipinski definition) is 1. The van der Waals surface area contributed by atoms with Crippen molar-refractivity contribution in [2.75, 3.05) is 7.11 Å². The van der Waals surface area contributed by atoms with E-state index in [4.69, 9.17) is 5.11 Å². The Morgan fingerprint density at radius 1 is 0.500 bits per heavy atom. The third-order valence-corrected chi connectivity index (χ3v) is 0. The second-order valence-electron chi connectivity index (χ2n) is 0. The van der Waals surface area contributed by atoms with E-state index in [9.17, 15) is 0 Å². The zero-order chi connectivity index (χ0) is 8.00. The van der Waals surface area contributed by atoms with Crippen LogP contribution in [0.25, 0.3) is 0 Å².